The summed E-state index contributed by atoms with van der Waals surface area (Å²) in [6.07, 6.45) is 1.89. The highest BCUT2D eigenvalue weighted by Gasteiger charge is 2.22. The number of rotatable bonds is 3. The summed E-state index contributed by atoms with van der Waals surface area (Å²) in [7, 11) is 4.01. The van der Waals surface area contributed by atoms with Gasteiger partial charge in [-0.2, -0.15) is 0 Å². The number of aryl methyl sites for hydroxylation is 1. The van der Waals surface area contributed by atoms with Crippen molar-refractivity contribution in [2.75, 3.05) is 20.6 Å². The minimum Gasteiger partial charge on any atom is -0.508 e. The predicted molar refractivity (Wildman–Crippen MR) is 95.0 cm³/mol. The van der Waals surface area contributed by atoms with Crippen LogP contribution in [0.3, 0.4) is 0 Å². The summed E-state index contributed by atoms with van der Waals surface area (Å²) >= 11 is 0. The van der Waals surface area contributed by atoms with E-state index in [9.17, 15) is 9.90 Å². The third-order valence-corrected chi connectivity index (χ3v) is 4.45. The number of phenols is 1. The number of hydrogen-bond donors (Lipinski definition) is 1. The van der Waals surface area contributed by atoms with Crippen LogP contribution in [-0.4, -0.2) is 41.5 Å². The van der Waals surface area contributed by atoms with Crippen LogP contribution in [0.4, 0.5) is 0 Å². The first-order chi connectivity index (χ1) is 11.5. The standard InChI is InChI=1S/C20H24N2O2/c1-21(2)13-16-6-3-4-8-19(16)20(24)22-11-5-7-15-9-10-18(23)12-17(15)14-22/h3-4,6,8-10,12,23H,5,7,11,13-14H2,1-2H3. The van der Waals surface area contributed by atoms with Gasteiger partial charge < -0.3 is 14.9 Å². The van der Waals surface area contributed by atoms with Crippen LogP contribution in [0.25, 0.3) is 0 Å². The van der Waals surface area contributed by atoms with Crippen LogP contribution in [0.5, 0.6) is 5.75 Å². The van der Waals surface area contributed by atoms with Crippen LogP contribution in [0.2, 0.25) is 0 Å². The number of carbonyl (C=O) groups is 1. The average molecular weight is 324 g/mol. The smallest absolute Gasteiger partial charge is 0.254 e. The van der Waals surface area contributed by atoms with E-state index in [1.165, 1.54) is 5.56 Å². The van der Waals surface area contributed by atoms with E-state index in [0.717, 1.165) is 42.6 Å². The lowest BCUT2D eigenvalue weighted by Crippen LogP contribution is -2.31. The number of benzene rings is 2. The maximum Gasteiger partial charge on any atom is 0.254 e. The van der Waals surface area contributed by atoms with E-state index in [4.69, 9.17) is 0 Å². The lowest BCUT2D eigenvalue weighted by molar-refractivity contribution is 0.0744. The normalized spacial score (nSPS) is 14.4. The van der Waals surface area contributed by atoms with E-state index in [1.54, 1.807) is 12.1 Å². The topological polar surface area (TPSA) is 43.8 Å². The fourth-order valence-corrected chi connectivity index (χ4v) is 3.30. The van der Waals surface area contributed by atoms with Crippen molar-refractivity contribution in [1.29, 1.82) is 0 Å². The molecule has 2 aromatic rings. The molecule has 1 aliphatic heterocycles. The third-order valence-electron chi connectivity index (χ3n) is 4.45. The Kier molecular flexibility index (Phi) is 4.86. The van der Waals surface area contributed by atoms with Crippen LogP contribution in [0, 0.1) is 0 Å². The van der Waals surface area contributed by atoms with Crippen molar-refractivity contribution in [3.8, 4) is 5.75 Å². The van der Waals surface area contributed by atoms with Crippen LogP contribution in [-0.2, 0) is 19.5 Å². The number of hydrogen-bond acceptors (Lipinski definition) is 3. The Morgan fingerprint density at radius 3 is 2.75 bits per heavy atom. The summed E-state index contributed by atoms with van der Waals surface area (Å²) in [4.78, 5) is 17.1. The SMILES string of the molecule is CN(C)Cc1ccccc1C(=O)N1CCCc2ccc(O)cc2C1. The van der Waals surface area contributed by atoms with Crippen LogP contribution in [0.15, 0.2) is 42.5 Å². The van der Waals surface area contributed by atoms with E-state index < -0.39 is 0 Å². The van der Waals surface area contributed by atoms with Gasteiger partial charge in [-0.05, 0) is 61.8 Å². The molecule has 0 atom stereocenters. The zero-order chi connectivity index (χ0) is 17.1. The molecular weight excluding hydrogens is 300 g/mol. The molecule has 4 heteroatoms. The van der Waals surface area contributed by atoms with Crippen molar-refractivity contribution in [3.63, 3.8) is 0 Å². The molecule has 3 rings (SSSR count). The highest BCUT2D eigenvalue weighted by molar-refractivity contribution is 5.95. The van der Waals surface area contributed by atoms with Gasteiger partial charge in [0.2, 0.25) is 0 Å². The number of aromatic hydroxyl groups is 1. The van der Waals surface area contributed by atoms with Gasteiger partial charge >= 0.3 is 0 Å². The van der Waals surface area contributed by atoms with E-state index in [2.05, 4.69) is 4.90 Å². The molecule has 4 nitrogen and oxygen atoms in total. The number of fused-ring (bicyclic) bond motifs is 1. The van der Waals surface area contributed by atoms with E-state index in [0.29, 0.717) is 6.54 Å². The van der Waals surface area contributed by atoms with E-state index >= 15 is 0 Å². The summed E-state index contributed by atoms with van der Waals surface area (Å²) in [5.41, 5.74) is 4.10. The second-order valence-corrected chi connectivity index (χ2v) is 6.68. The van der Waals surface area contributed by atoms with Gasteiger partial charge in [-0.25, -0.2) is 0 Å². The lowest BCUT2D eigenvalue weighted by Gasteiger charge is -2.23. The molecule has 0 aliphatic carbocycles. The quantitative estimate of drug-likeness (QED) is 0.944. The van der Waals surface area contributed by atoms with Crippen molar-refractivity contribution in [2.45, 2.75) is 25.9 Å². The fraction of sp³-hybridized carbons (Fsp3) is 0.350. The molecule has 0 saturated heterocycles. The zero-order valence-corrected chi connectivity index (χ0v) is 14.3. The number of carbonyl (C=O) groups excluding carboxylic acids is 1. The zero-order valence-electron chi connectivity index (χ0n) is 14.3. The third kappa shape index (κ3) is 3.60. The van der Waals surface area contributed by atoms with E-state index in [1.807, 2.05) is 49.3 Å². The van der Waals surface area contributed by atoms with Crippen molar-refractivity contribution in [2.24, 2.45) is 0 Å². The van der Waals surface area contributed by atoms with Gasteiger partial charge in [-0.1, -0.05) is 24.3 Å². The number of phenolic OH excluding ortho intramolecular Hbond substituents is 1. The minimum absolute atomic E-state index is 0.0728. The Hall–Kier alpha value is -2.33. The molecule has 0 unspecified atom stereocenters. The highest BCUT2D eigenvalue weighted by atomic mass is 16.3. The van der Waals surface area contributed by atoms with Gasteiger partial charge in [0.25, 0.3) is 5.91 Å². The van der Waals surface area contributed by atoms with Gasteiger partial charge in [0.15, 0.2) is 0 Å². The average Bonchev–Trinajstić information content (AvgIpc) is 2.76. The Balaban J connectivity index is 1.88. The molecule has 1 amide bonds. The van der Waals surface area contributed by atoms with E-state index in [-0.39, 0.29) is 11.7 Å². The fourth-order valence-electron chi connectivity index (χ4n) is 3.30. The van der Waals surface area contributed by atoms with Crippen LogP contribution >= 0.6 is 0 Å². The monoisotopic (exact) mass is 324 g/mol. The summed E-state index contributed by atoms with van der Waals surface area (Å²) in [5.74, 6) is 0.333. The molecule has 0 radical (unpaired) electrons. The Morgan fingerprint density at radius 2 is 1.96 bits per heavy atom. The molecule has 1 N–H and O–H groups in total. The molecule has 24 heavy (non-hydrogen) atoms. The summed E-state index contributed by atoms with van der Waals surface area (Å²) in [6, 6.07) is 13.3. The number of amides is 1. The maximum absolute atomic E-state index is 13.1. The van der Waals surface area contributed by atoms with Crippen molar-refractivity contribution in [3.05, 3.63) is 64.7 Å². The van der Waals surface area contributed by atoms with Crippen molar-refractivity contribution in [1.82, 2.24) is 9.80 Å². The first-order valence-corrected chi connectivity index (χ1v) is 8.37. The molecule has 0 spiro atoms. The maximum atomic E-state index is 13.1. The molecule has 1 heterocycles. The highest BCUT2D eigenvalue weighted by Crippen LogP contribution is 2.24. The second-order valence-electron chi connectivity index (χ2n) is 6.68. The van der Waals surface area contributed by atoms with Gasteiger partial charge in [-0.15, -0.1) is 0 Å². The molecule has 0 fully saturated rings. The first-order valence-electron chi connectivity index (χ1n) is 8.37. The Morgan fingerprint density at radius 1 is 1.17 bits per heavy atom. The lowest BCUT2D eigenvalue weighted by atomic mass is 10.0. The van der Waals surface area contributed by atoms with Crippen LogP contribution < -0.4 is 0 Å². The second kappa shape index (κ2) is 7.05. The first kappa shape index (κ1) is 16.5. The molecule has 0 bridgehead atoms. The molecule has 1 aliphatic rings. The van der Waals surface area contributed by atoms with Crippen LogP contribution in [0.1, 0.15) is 33.5 Å². The van der Waals surface area contributed by atoms with Crippen molar-refractivity contribution < 1.29 is 9.90 Å². The summed E-state index contributed by atoms with van der Waals surface area (Å²) < 4.78 is 0. The van der Waals surface area contributed by atoms with Gasteiger partial charge in [0.05, 0.1) is 0 Å². The predicted octanol–water partition coefficient (Wildman–Crippen LogP) is 3.04. The molecule has 126 valence electrons. The number of nitrogens with zero attached hydrogens (tertiary/aromatic N) is 2. The molecule has 0 aromatic heterocycles. The molecule has 0 saturated carbocycles. The molecular formula is C20H24N2O2. The Labute approximate surface area is 143 Å². The summed E-state index contributed by atoms with van der Waals surface area (Å²) in [5, 5.41) is 9.76. The largest absolute Gasteiger partial charge is 0.508 e. The Bertz CT molecular complexity index is 740. The van der Waals surface area contributed by atoms with Gasteiger partial charge in [0, 0.05) is 25.2 Å². The van der Waals surface area contributed by atoms with Gasteiger partial charge in [0.1, 0.15) is 5.75 Å². The summed E-state index contributed by atoms with van der Waals surface area (Å²) in [6.45, 7) is 2.04. The van der Waals surface area contributed by atoms with Crippen molar-refractivity contribution >= 4 is 5.91 Å². The minimum atomic E-state index is 0.0728. The molecule has 2 aromatic carbocycles. The van der Waals surface area contributed by atoms with Gasteiger partial charge in [-0.3, -0.25) is 4.79 Å².